The van der Waals surface area contributed by atoms with Crippen LogP contribution < -0.4 is 27.4 Å². The van der Waals surface area contributed by atoms with Crippen molar-refractivity contribution in [1.29, 1.82) is 0 Å². The van der Waals surface area contributed by atoms with Gasteiger partial charge >= 0.3 is 11.9 Å². The van der Waals surface area contributed by atoms with Crippen molar-refractivity contribution in [1.82, 2.24) is 16.0 Å². The third kappa shape index (κ3) is 11.8. The summed E-state index contributed by atoms with van der Waals surface area (Å²) in [5.41, 5.74) is 10.8. The van der Waals surface area contributed by atoms with Crippen LogP contribution in [0.4, 0.5) is 0 Å². The van der Waals surface area contributed by atoms with Gasteiger partial charge in [-0.1, -0.05) is 27.7 Å². The van der Waals surface area contributed by atoms with Crippen molar-refractivity contribution in [3.63, 3.8) is 0 Å². The normalized spacial score (nSPS) is 14.6. The fraction of sp³-hybridized carbons (Fsp3) is 0.700. The van der Waals surface area contributed by atoms with Gasteiger partial charge in [-0.15, -0.1) is 0 Å². The van der Waals surface area contributed by atoms with Crippen molar-refractivity contribution in [3.8, 4) is 0 Å². The molecular weight excluding hydrogens is 438 g/mol. The van der Waals surface area contributed by atoms with E-state index in [1.807, 2.05) is 0 Å². The number of primary amides is 1. The SMILES string of the molecule is CC(C)CC(NC(=O)C(CC(=O)O)NC(=O)C(N)C(C)C)C(=O)NC(CCC(N)=O)C(=O)O. The van der Waals surface area contributed by atoms with Crippen molar-refractivity contribution >= 4 is 35.6 Å². The topological polar surface area (TPSA) is 231 Å². The molecule has 188 valence electrons. The lowest BCUT2D eigenvalue weighted by molar-refractivity contribution is -0.143. The number of carbonyl (C=O) groups is 6. The van der Waals surface area contributed by atoms with Crippen molar-refractivity contribution in [2.24, 2.45) is 23.3 Å². The maximum Gasteiger partial charge on any atom is 0.326 e. The third-order valence-corrected chi connectivity index (χ3v) is 4.67. The molecule has 0 saturated carbocycles. The van der Waals surface area contributed by atoms with E-state index in [0.717, 1.165) is 0 Å². The minimum absolute atomic E-state index is 0.0962. The van der Waals surface area contributed by atoms with Gasteiger partial charge < -0.3 is 37.6 Å². The first-order valence-electron chi connectivity index (χ1n) is 10.5. The number of amides is 4. The van der Waals surface area contributed by atoms with Crippen LogP contribution in [0.2, 0.25) is 0 Å². The second-order valence-electron chi connectivity index (χ2n) is 8.52. The molecule has 0 aromatic rings. The Morgan fingerprint density at radius 3 is 1.70 bits per heavy atom. The van der Waals surface area contributed by atoms with Crippen LogP contribution in [0.3, 0.4) is 0 Å². The molecule has 0 aliphatic carbocycles. The molecule has 4 unspecified atom stereocenters. The Bertz CT molecular complexity index is 740. The predicted octanol–water partition coefficient (Wildman–Crippen LogP) is -1.70. The molecule has 0 radical (unpaired) electrons. The van der Waals surface area contributed by atoms with E-state index in [0.29, 0.717) is 0 Å². The van der Waals surface area contributed by atoms with Crippen LogP contribution in [0, 0.1) is 11.8 Å². The zero-order valence-corrected chi connectivity index (χ0v) is 19.3. The quantitative estimate of drug-likeness (QED) is 0.143. The molecule has 0 heterocycles. The predicted molar refractivity (Wildman–Crippen MR) is 116 cm³/mol. The Morgan fingerprint density at radius 2 is 1.27 bits per heavy atom. The number of carboxylic acids is 2. The van der Waals surface area contributed by atoms with Gasteiger partial charge in [0, 0.05) is 6.42 Å². The molecule has 4 amide bonds. The van der Waals surface area contributed by atoms with E-state index in [-0.39, 0.29) is 31.1 Å². The Balaban J connectivity index is 5.54. The summed E-state index contributed by atoms with van der Waals surface area (Å²) in [7, 11) is 0. The van der Waals surface area contributed by atoms with E-state index in [1.54, 1.807) is 27.7 Å². The summed E-state index contributed by atoms with van der Waals surface area (Å²) < 4.78 is 0. The fourth-order valence-corrected chi connectivity index (χ4v) is 2.75. The number of nitrogens with one attached hydrogen (secondary N) is 3. The van der Waals surface area contributed by atoms with Gasteiger partial charge in [0.1, 0.15) is 18.1 Å². The van der Waals surface area contributed by atoms with Crippen LogP contribution in [0.1, 0.15) is 53.4 Å². The van der Waals surface area contributed by atoms with Gasteiger partial charge in [0.2, 0.25) is 23.6 Å². The zero-order chi connectivity index (χ0) is 25.9. The van der Waals surface area contributed by atoms with Gasteiger partial charge in [0.15, 0.2) is 0 Å². The van der Waals surface area contributed by atoms with Crippen molar-refractivity contribution in [2.45, 2.75) is 77.5 Å². The van der Waals surface area contributed by atoms with Gasteiger partial charge in [-0.3, -0.25) is 24.0 Å². The first-order valence-corrected chi connectivity index (χ1v) is 10.5. The highest BCUT2D eigenvalue weighted by molar-refractivity contribution is 5.95. The molecular formula is C20H35N5O8. The van der Waals surface area contributed by atoms with Crippen molar-refractivity contribution in [2.75, 3.05) is 0 Å². The molecule has 4 atom stereocenters. The van der Waals surface area contributed by atoms with Crippen LogP contribution in [0.25, 0.3) is 0 Å². The van der Waals surface area contributed by atoms with Gasteiger partial charge in [-0.2, -0.15) is 0 Å². The molecule has 13 heteroatoms. The first kappa shape index (κ1) is 29.8. The number of carboxylic acid groups (broad SMARTS) is 2. The van der Waals surface area contributed by atoms with E-state index >= 15 is 0 Å². The number of hydrogen-bond acceptors (Lipinski definition) is 7. The van der Waals surface area contributed by atoms with Gasteiger partial charge in [0.25, 0.3) is 0 Å². The zero-order valence-electron chi connectivity index (χ0n) is 19.3. The van der Waals surface area contributed by atoms with Crippen molar-refractivity contribution in [3.05, 3.63) is 0 Å². The molecule has 0 aliphatic rings. The largest absolute Gasteiger partial charge is 0.481 e. The highest BCUT2D eigenvalue weighted by Gasteiger charge is 2.32. The van der Waals surface area contributed by atoms with Gasteiger partial charge in [0.05, 0.1) is 12.5 Å². The van der Waals surface area contributed by atoms with Crippen molar-refractivity contribution < 1.29 is 39.0 Å². The fourth-order valence-electron chi connectivity index (χ4n) is 2.75. The first-order chi connectivity index (χ1) is 15.1. The summed E-state index contributed by atoms with van der Waals surface area (Å²) in [4.78, 5) is 71.2. The van der Waals surface area contributed by atoms with Crippen LogP contribution in [0.15, 0.2) is 0 Å². The van der Waals surface area contributed by atoms with Crippen LogP contribution in [-0.4, -0.2) is 69.9 Å². The minimum atomic E-state index is -1.51. The van der Waals surface area contributed by atoms with Gasteiger partial charge in [-0.05, 0) is 24.7 Å². The minimum Gasteiger partial charge on any atom is -0.481 e. The summed E-state index contributed by atoms with van der Waals surface area (Å²) >= 11 is 0. The molecule has 0 aromatic heterocycles. The van der Waals surface area contributed by atoms with E-state index < -0.39 is 66.2 Å². The monoisotopic (exact) mass is 473 g/mol. The standard InChI is InChI=1S/C20H35N5O8/c1-9(2)7-12(17(29)23-11(20(32)33)5-6-14(21)26)24-18(30)13(8-15(27)28)25-19(31)16(22)10(3)4/h9-13,16H,5-8,22H2,1-4H3,(H2,21,26)(H,23,29)(H,24,30)(H,25,31)(H,27,28)(H,32,33). The molecule has 0 saturated heterocycles. The lowest BCUT2D eigenvalue weighted by atomic mass is 10.0. The Kier molecular flexibility index (Phi) is 12.7. The lowest BCUT2D eigenvalue weighted by Gasteiger charge is -2.26. The molecule has 0 aliphatic heterocycles. The smallest absolute Gasteiger partial charge is 0.326 e. The number of carbonyl (C=O) groups excluding carboxylic acids is 4. The van der Waals surface area contributed by atoms with Crippen LogP contribution >= 0.6 is 0 Å². The van der Waals surface area contributed by atoms with E-state index in [1.165, 1.54) is 0 Å². The Morgan fingerprint density at radius 1 is 0.788 bits per heavy atom. The summed E-state index contributed by atoms with van der Waals surface area (Å²) in [6, 6.07) is -5.13. The third-order valence-electron chi connectivity index (χ3n) is 4.67. The maximum absolute atomic E-state index is 12.8. The number of rotatable bonds is 15. The van der Waals surface area contributed by atoms with Gasteiger partial charge in [-0.25, -0.2) is 4.79 Å². The average molecular weight is 474 g/mol. The van der Waals surface area contributed by atoms with Crippen LogP contribution in [-0.2, 0) is 28.8 Å². The number of hydrogen-bond donors (Lipinski definition) is 7. The molecule has 0 fully saturated rings. The summed E-state index contributed by atoms with van der Waals surface area (Å²) in [5.74, 6) is -6.39. The summed E-state index contributed by atoms with van der Waals surface area (Å²) in [6.45, 7) is 6.87. The van der Waals surface area contributed by atoms with E-state index in [2.05, 4.69) is 16.0 Å². The molecule has 33 heavy (non-hydrogen) atoms. The van der Waals surface area contributed by atoms with E-state index in [4.69, 9.17) is 16.6 Å². The Labute approximate surface area is 192 Å². The second kappa shape index (κ2) is 14.0. The Hall–Kier alpha value is -3.22. The number of aliphatic carboxylic acids is 2. The molecule has 0 spiro atoms. The second-order valence-corrected chi connectivity index (χ2v) is 8.52. The molecule has 13 nitrogen and oxygen atoms in total. The van der Waals surface area contributed by atoms with E-state index in [9.17, 15) is 33.9 Å². The highest BCUT2D eigenvalue weighted by Crippen LogP contribution is 2.08. The summed E-state index contributed by atoms with van der Waals surface area (Å²) in [5, 5.41) is 25.3. The molecule has 9 N–H and O–H groups in total. The molecule has 0 bridgehead atoms. The lowest BCUT2D eigenvalue weighted by Crippen LogP contribution is -2.58. The number of nitrogens with two attached hydrogens (primary N) is 2. The van der Waals surface area contributed by atoms with Crippen LogP contribution in [0.5, 0.6) is 0 Å². The average Bonchev–Trinajstić information content (AvgIpc) is 2.67. The summed E-state index contributed by atoms with van der Waals surface area (Å²) in [6.07, 6.45) is -1.18. The molecule has 0 aromatic carbocycles. The maximum atomic E-state index is 12.8. The highest BCUT2D eigenvalue weighted by atomic mass is 16.4. The molecule has 0 rings (SSSR count).